The first kappa shape index (κ1) is 19.9. The molecule has 4 aromatic rings. The summed E-state index contributed by atoms with van der Waals surface area (Å²) in [4.78, 5) is 19.4. The van der Waals surface area contributed by atoms with Gasteiger partial charge >= 0.3 is 0 Å². The SMILES string of the molecule is Cc1cc(C(F)F)n2ncc(C(=O)N3CCC4(CC3)Nc3ccccc3-n3cccc34)c2n1. The molecule has 5 heterocycles. The predicted molar refractivity (Wildman–Crippen MR) is 119 cm³/mol. The van der Waals surface area contributed by atoms with Crippen molar-refractivity contribution in [3.8, 4) is 5.69 Å². The quantitative estimate of drug-likeness (QED) is 0.496. The first-order valence-corrected chi connectivity index (χ1v) is 10.9. The molecule has 0 saturated carbocycles. The Morgan fingerprint density at radius 3 is 2.73 bits per heavy atom. The number of hydrogen-bond acceptors (Lipinski definition) is 4. The van der Waals surface area contributed by atoms with Crippen LogP contribution in [0.1, 0.15) is 46.7 Å². The number of halogens is 2. The van der Waals surface area contributed by atoms with Gasteiger partial charge in [0.15, 0.2) is 5.65 Å². The molecule has 1 amide bonds. The summed E-state index contributed by atoms with van der Waals surface area (Å²) in [6, 6.07) is 13.7. The summed E-state index contributed by atoms with van der Waals surface area (Å²) in [7, 11) is 0. The number of anilines is 1. The Labute approximate surface area is 188 Å². The van der Waals surface area contributed by atoms with E-state index in [2.05, 4.69) is 44.4 Å². The Hall–Kier alpha value is -3.75. The lowest BCUT2D eigenvalue weighted by Gasteiger charge is -2.46. The standard InChI is InChI=1S/C24H22F2N6O/c1-15-13-19(21(25)26)32-22(28-15)16(14-27-32)23(33)30-11-8-24(9-12-30)20-7-4-10-31(20)18-6-3-2-5-17(18)29-24/h2-7,10,13-14,21,29H,8-9,11-12H2,1H3. The number of likely N-dealkylation sites (tertiary alicyclic amines) is 1. The molecule has 2 aliphatic rings. The second kappa shape index (κ2) is 7.13. The van der Waals surface area contributed by atoms with Gasteiger partial charge in [0, 0.05) is 30.7 Å². The normalized spacial score (nSPS) is 16.7. The molecule has 33 heavy (non-hydrogen) atoms. The fourth-order valence-corrected chi connectivity index (χ4v) is 5.15. The number of carbonyl (C=O) groups is 1. The van der Waals surface area contributed by atoms with E-state index in [1.807, 2.05) is 18.2 Å². The number of hydrogen-bond donors (Lipinski definition) is 1. The number of rotatable bonds is 2. The van der Waals surface area contributed by atoms with Crippen molar-refractivity contribution in [3.63, 3.8) is 0 Å². The van der Waals surface area contributed by atoms with Crippen LogP contribution < -0.4 is 5.32 Å². The molecule has 0 unspecified atom stereocenters. The first-order valence-electron chi connectivity index (χ1n) is 10.9. The Kier molecular flexibility index (Phi) is 4.30. The van der Waals surface area contributed by atoms with Gasteiger partial charge in [-0.05, 0) is 50.1 Å². The van der Waals surface area contributed by atoms with Gasteiger partial charge in [-0.15, -0.1) is 0 Å². The molecule has 3 aromatic heterocycles. The van der Waals surface area contributed by atoms with E-state index in [1.54, 1.807) is 11.8 Å². The van der Waals surface area contributed by atoms with Gasteiger partial charge in [0.05, 0.1) is 23.1 Å². The Morgan fingerprint density at radius 2 is 1.94 bits per heavy atom. The average molecular weight is 448 g/mol. The molecule has 0 radical (unpaired) electrons. The molecule has 1 fully saturated rings. The number of nitrogens with zero attached hydrogens (tertiary/aromatic N) is 5. The number of benzene rings is 1. The van der Waals surface area contributed by atoms with E-state index in [-0.39, 0.29) is 28.4 Å². The summed E-state index contributed by atoms with van der Waals surface area (Å²) in [6.07, 6.45) is 2.17. The maximum atomic E-state index is 13.5. The van der Waals surface area contributed by atoms with Gasteiger partial charge in [0.2, 0.25) is 0 Å². The zero-order valence-corrected chi connectivity index (χ0v) is 18.0. The highest BCUT2D eigenvalue weighted by Crippen LogP contribution is 2.43. The lowest BCUT2D eigenvalue weighted by atomic mass is 9.82. The Morgan fingerprint density at radius 1 is 1.15 bits per heavy atom. The molecule has 1 N–H and O–H groups in total. The number of piperidine rings is 1. The number of aromatic nitrogens is 4. The fraction of sp³-hybridized carbons (Fsp3) is 0.292. The number of amides is 1. The van der Waals surface area contributed by atoms with Gasteiger partial charge in [-0.3, -0.25) is 4.79 Å². The van der Waals surface area contributed by atoms with E-state index < -0.39 is 6.43 Å². The number of fused-ring (bicyclic) bond motifs is 5. The van der Waals surface area contributed by atoms with Gasteiger partial charge in [-0.1, -0.05) is 12.1 Å². The fourth-order valence-electron chi connectivity index (χ4n) is 5.15. The zero-order valence-electron chi connectivity index (χ0n) is 18.0. The summed E-state index contributed by atoms with van der Waals surface area (Å²) < 4.78 is 30.2. The van der Waals surface area contributed by atoms with Crippen molar-refractivity contribution in [1.82, 2.24) is 24.1 Å². The first-order chi connectivity index (χ1) is 16.0. The predicted octanol–water partition coefficient (Wildman–Crippen LogP) is 4.32. The minimum Gasteiger partial charge on any atom is -0.372 e. The van der Waals surface area contributed by atoms with Crippen LogP contribution in [0, 0.1) is 6.92 Å². The van der Waals surface area contributed by atoms with E-state index in [1.165, 1.54) is 18.0 Å². The van der Waals surface area contributed by atoms with Crippen LogP contribution in [-0.2, 0) is 5.54 Å². The number of nitrogens with one attached hydrogen (secondary N) is 1. The van der Waals surface area contributed by atoms with E-state index in [0.717, 1.165) is 28.7 Å². The molecule has 0 bridgehead atoms. The summed E-state index contributed by atoms with van der Waals surface area (Å²) in [5, 5.41) is 7.77. The van der Waals surface area contributed by atoms with Crippen LogP contribution in [0.2, 0.25) is 0 Å². The molecule has 0 aliphatic carbocycles. The van der Waals surface area contributed by atoms with Crippen molar-refractivity contribution in [1.29, 1.82) is 0 Å². The van der Waals surface area contributed by atoms with Crippen LogP contribution in [0.25, 0.3) is 11.3 Å². The van der Waals surface area contributed by atoms with Gasteiger partial charge < -0.3 is 14.8 Å². The van der Waals surface area contributed by atoms with Crippen LogP contribution in [0.5, 0.6) is 0 Å². The van der Waals surface area contributed by atoms with Crippen molar-refractivity contribution >= 4 is 17.2 Å². The number of alkyl halides is 2. The zero-order chi connectivity index (χ0) is 22.7. The molecule has 2 aliphatic heterocycles. The molecule has 1 spiro atoms. The van der Waals surface area contributed by atoms with Crippen molar-refractivity contribution in [3.05, 3.63) is 77.5 Å². The third-order valence-electron chi connectivity index (χ3n) is 6.76. The van der Waals surface area contributed by atoms with Crippen molar-refractivity contribution in [2.45, 2.75) is 31.7 Å². The van der Waals surface area contributed by atoms with Crippen LogP contribution >= 0.6 is 0 Å². The second-order valence-corrected chi connectivity index (χ2v) is 8.70. The number of carbonyl (C=O) groups excluding carboxylic acids is 1. The topological polar surface area (TPSA) is 67.5 Å². The molecular formula is C24H22F2N6O. The summed E-state index contributed by atoms with van der Waals surface area (Å²) in [5.74, 6) is -0.232. The van der Waals surface area contributed by atoms with Crippen LogP contribution in [-0.4, -0.2) is 43.1 Å². The maximum absolute atomic E-state index is 13.5. The summed E-state index contributed by atoms with van der Waals surface area (Å²) in [5.41, 5.74) is 3.69. The van der Waals surface area contributed by atoms with Crippen LogP contribution in [0.4, 0.5) is 14.5 Å². The molecule has 0 atom stereocenters. The second-order valence-electron chi connectivity index (χ2n) is 8.70. The number of para-hydroxylation sites is 2. The molecule has 1 aromatic carbocycles. The van der Waals surface area contributed by atoms with E-state index in [9.17, 15) is 13.6 Å². The maximum Gasteiger partial charge on any atom is 0.280 e. The largest absolute Gasteiger partial charge is 0.372 e. The van der Waals surface area contributed by atoms with E-state index in [4.69, 9.17) is 0 Å². The van der Waals surface area contributed by atoms with Crippen molar-refractivity contribution in [2.75, 3.05) is 18.4 Å². The number of aryl methyl sites for hydroxylation is 1. The van der Waals surface area contributed by atoms with Crippen LogP contribution in [0.3, 0.4) is 0 Å². The van der Waals surface area contributed by atoms with Gasteiger partial charge in [-0.25, -0.2) is 18.3 Å². The smallest absolute Gasteiger partial charge is 0.280 e. The molecule has 168 valence electrons. The highest BCUT2D eigenvalue weighted by Gasteiger charge is 2.42. The third kappa shape index (κ3) is 2.95. The summed E-state index contributed by atoms with van der Waals surface area (Å²) in [6.45, 7) is 2.70. The van der Waals surface area contributed by atoms with Gasteiger partial charge in [0.1, 0.15) is 11.3 Å². The van der Waals surface area contributed by atoms with E-state index >= 15 is 0 Å². The molecule has 6 rings (SSSR count). The summed E-state index contributed by atoms with van der Waals surface area (Å²) >= 11 is 0. The lowest BCUT2D eigenvalue weighted by Crippen LogP contribution is -2.51. The Balaban J connectivity index is 1.29. The highest BCUT2D eigenvalue weighted by atomic mass is 19.3. The van der Waals surface area contributed by atoms with E-state index in [0.29, 0.717) is 18.8 Å². The minimum absolute atomic E-state index is 0.175. The van der Waals surface area contributed by atoms with Crippen molar-refractivity contribution in [2.24, 2.45) is 0 Å². The Bertz CT molecular complexity index is 1380. The average Bonchev–Trinajstić information content (AvgIpc) is 3.47. The molecule has 7 nitrogen and oxygen atoms in total. The molecule has 1 saturated heterocycles. The monoisotopic (exact) mass is 448 g/mol. The van der Waals surface area contributed by atoms with Gasteiger partial charge in [-0.2, -0.15) is 5.10 Å². The molecule has 9 heteroatoms. The van der Waals surface area contributed by atoms with Crippen LogP contribution in [0.15, 0.2) is 54.9 Å². The highest BCUT2D eigenvalue weighted by molar-refractivity contribution is 5.99. The third-order valence-corrected chi connectivity index (χ3v) is 6.76. The molecular weight excluding hydrogens is 426 g/mol. The minimum atomic E-state index is -2.71. The van der Waals surface area contributed by atoms with Gasteiger partial charge in [0.25, 0.3) is 12.3 Å². The van der Waals surface area contributed by atoms with Crippen molar-refractivity contribution < 1.29 is 13.6 Å². The lowest BCUT2D eigenvalue weighted by molar-refractivity contribution is 0.0678.